The van der Waals surface area contributed by atoms with Crippen molar-refractivity contribution in [3.05, 3.63) is 41.1 Å². The molecule has 0 fully saturated rings. The third-order valence-corrected chi connectivity index (χ3v) is 4.32. The molecule has 0 bridgehead atoms. The lowest BCUT2D eigenvalue weighted by Gasteiger charge is -2.24. The third-order valence-electron chi connectivity index (χ3n) is 4.32. The molecule has 0 amide bonds. The Bertz CT molecular complexity index is 740. The fourth-order valence-corrected chi connectivity index (χ4v) is 2.95. The highest BCUT2D eigenvalue weighted by Gasteiger charge is 2.18. The van der Waals surface area contributed by atoms with Gasteiger partial charge >= 0.3 is 0 Å². The molecule has 0 saturated carbocycles. The predicted molar refractivity (Wildman–Crippen MR) is 86.2 cm³/mol. The van der Waals surface area contributed by atoms with Crippen molar-refractivity contribution in [3.8, 4) is 5.75 Å². The Labute approximate surface area is 124 Å². The molecule has 0 saturated heterocycles. The first-order chi connectivity index (χ1) is 10.1. The first-order valence-corrected chi connectivity index (χ1v) is 7.40. The summed E-state index contributed by atoms with van der Waals surface area (Å²) in [5.41, 5.74) is 4.75. The zero-order valence-electron chi connectivity index (χ0n) is 12.7. The van der Waals surface area contributed by atoms with Crippen LogP contribution in [0.1, 0.15) is 33.6 Å². The summed E-state index contributed by atoms with van der Waals surface area (Å²) >= 11 is 0. The lowest BCUT2D eigenvalue weighted by atomic mass is 9.85. The average Bonchev–Trinajstić information content (AvgIpc) is 2.84. The van der Waals surface area contributed by atoms with Crippen molar-refractivity contribution >= 4 is 16.7 Å². The van der Waals surface area contributed by atoms with E-state index >= 15 is 0 Å². The third kappa shape index (κ3) is 2.53. The van der Waals surface area contributed by atoms with E-state index in [2.05, 4.69) is 42.4 Å². The minimum absolute atomic E-state index is 0.243. The molecule has 3 N–H and O–H groups in total. The van der Waals surface area contributed by atoms with Crippen molar-refractivity contribution in [3.63, 3.8) is 0 Å². The number of fused-ring (bicyclic) bond motifs is 1. The molecule has 0 radical (unpaired) electrons. The number of aromatic nitrogens is 2. The summed E-state index contributed by atoms with van der Waals surface area (Å²) in [5, 5.41) is 21.2. The summed E-state index contributed by atoms with van der Waals surface area (Å²) in [7, 11) is 0. The van der Waals surface area contributed by atoms with E-state index in [1.807, 2.05) is 6.07 Å². The van der Waals surface area contributed by atoms with Gasteiger partial charge in [-0.05, 0) is 56.4 Å². The number of H-pyrrole nitrogens is 1. The number of hydrogen-bond donors (Lipinski definition) is 3. The molecule has 1 heterocycles. The number of aromatic hydroxyl groups is 1. The second kappa shape index (κ2) is 5.28. The van der Waals surface area contributed by atoms with Gasteiger partial charge in [-0.2, -0.15) is 5.10 Å². The van der Waals surface area contributed by atoms with Crippen LogP contribution in [0, 0.1) is 5.92 Å². The molecule has 1 aliphatic carbocycles. The Balaban J connectivity index is 1.92. The summed E-state index contributed by atoms with van der Waals surface area (Å²) in [6.07, 6.45) is 4.51. The number of allylic oxidation sites excluding steroid dienone is 3. The molecule has 3 rings (SSSR count). The zero-order valence-corrected chi connectivity index (χ0v) is 12.7. The van der Waals surface area contributed by atoms with Gasteiger partial charge in [-0.15, -0.1) is 0 Å². The molecule has 1 unspecified atom stereocenters. The molecule has 21 heavy (non-hydrogen) atoms. The van der Waals surface area contributed by atoms with Gasteiger partial charge in [0.25, 0.3) is 0 Å². The summed E-state index contributed by atoms with van der Waals surface area (Å²) < 4.78 is 0. The molecule has 1 aromatic carbocycles. The number of nitrogens with one attached hydrogen (secondary N) is 2. The van der Waals surface area contributed by atoms with E-state index in [1.54, 1.807) is 12.1 Å². The number of aromatic amines is 1. The molecule has 2 aromatic rings. The number of phenols is 1. The summed E-state index contributed by atoms with van der Waals surface area (Å²) in [6.45, 7) is 6.61. The van der Waals surface area contributed by atoms with Gasteiger partial charge in [-0.25, -0.2) is 0 Å². The monoisotopic (exact) mass is 283 g/mol. The molecule has 1 aromatic heterocycles. The van der Waals surface area contributed by atoms with E-state index in [0.29, 0.717) is 5.92 Å². The van der Waals surface area contributed by atoms with E-state index < -0.39 is 0 Å². The Morgan fingerprint density at radius 2 is 2.19 bits per heavy atom. The van der Waals surface area contributed by atoms with Crippen LogP contribution in [-0.2, 0) is 0 Å². The molecule has 1 aliphatic rings. The molecule has 4 heteroatoms. The van der Waals surface area contributed by atoms with Crippen molar-refractivity contribution in [2.45, 2.75) is 33.6 Å². The van der Waals surface area contributed by atoms with Gasteiger partial charge in [0.05, 0.1) is 5.52 Å². The molecular weight excluding hydrogens is 262 g/mol. The van der Waals surface area contributed by atoms with Gasteiger partial charge in [0.2, 0.25) is 0 Å². The maximum absolute atomic E-state index is 9.51. The highest BCUT2D eigenvalue weighted by Crippen LogP contribution is 2.32. The van der Waals surface area contributed by atoms with Crippen LogP contribution in [0.15, 0.2) is 41.1 Å². The van der Waals surface area contributed by atoms with Crippen LogP contribution in [0.4, 0.5) is 5.82 Å². The lowest BCUT2D eigenvalue weighted by Crippen LogP contribution is -2.12. The van der Waals surface area contributed by atoms with Crippen molar-refractivity contribution in [1.29, 1.82) is 0 Å². The molecule has 1 atom stereocenters. The van der Waals surface area contributed by atoms with Crippen LogP contribution in [-0.4, -0.2) is 15.3 Å². The van der Waals surface area contributed by atoms with Crippen LogP contribution < -0.4 is 5.32 Å². The first-order valence-electron chi connectivity index (χ1n) is 7.40. The maximum atomic E-state index is 9.51. The normalized spacial score (nSPS) is 19.0. The molecular formula is C17H21N3O. The lowest BCUT2D eigenvalue weighted by molar-refractivity contribution is 0.476. The Kier molecular flexibility index (Phi) is 3.45. The van der Waals surface area contributed by atoms with Gasteiger partial charge in [-0.1, -0.05) is 12.5 Å². The van der Waals surface area contributed by atoms with Gasteiger partial charge < -0.3 is 10.4 Å². The quantitative estimate of drug-likeness (QED) is 0.785. The summed E-state index contributed by atoms with van der Waals surface area (Å²) in [5.74, 6) is 1.70. The molecule has 0 spiro atoms. The van der Waals surface area contributed by atoms with Crippen molar-refractivity contribution < 1.29 is 5.11 Å². The van der Waals surface area contributed by atoms with Gasteiger partial charge in [-0.3, -0.25) is 5.10 Å². The summed E-state index contributed by atoms with van der Waals surface area (Å²) in [4.78, 5) is 0. The number of anilines is 1. The fourth-order valence-electron chi connectivity index (χ4n) is 2.95. The number of hydrogen-bond acceptors (Lipinski definition) is 3. The average molecular weight is 283 g/mol. The van der Waals surface area contributed by atoms with Gasteiger partial charge in [0, 0.05) is 17.1 Å². The second-order valence-electron chi connectivity index (χ2n) is 5.82. The smallest absolute Gasteiger partial charge is 0.160 e. The predicted octanol–water partition coefficient (Wildman–Crippen LogP) is 4.33. The van der Waals surface area contributed by atoms with E-state index in [0.717, 1.165) is 28.8 Å². The molecule has 4 nitrogen and oxygen atoms in total. The SMILES string of the molecule is CCC1CC(C)=C(Nc2n[nH]c3cc(O)ccc23)C=C1C. The Morgan fingerprint density at radius 3 is 2.95 bits per heavy atom. The minimum atomic E-state index is 0.243. The number of rotatable bonds is 3. The van der Waals surface area contributed by atoms with Crippen LogP contribution in [0.25, 0.3) is 10.9 Å². The largest absolute Gasteiger partial charge is 0.508 e. The van der Waals surface area contributed by atoms with E-state index in [4.69, 9.17) is 0 Å². The van der Waals surface area contributed by atoms with E-state index in [-0.39, 0.29) is 5.75 Å². The fraction of sp³-hybridized carbons (Fsp3) is 0.353. The van der Waals surface area contributed by atoms with Crippen LogP contribution in [0.5, 0.6) is 5.75 Å². The van der Waals surface area contributed by atoms with Crippen molar-refractivity contribution in [1.82, 2.24) is 10.2 Å². The summed E-state index contributed by atoms with van der Waals surface area (Å²) in [6, 6.07) is 5.24. The van der Waals surface area contributed by atoms with E-state index in [9.17, 15) is 5.11 Å². The standard InChI is InChI=1S/C17H21N3O/c1-4-12-7-11(3)15(8-10(12)2)18-17-14-6-5-13(21)9-16(14)19-20-17/h5-6,8-9,12,21H,4,7H2,1-3H3,(H2,18,19,20). The Morgan fingerprint density at radius 1 is 1.38 bits per heavy atom. The Hall–Kier alpha value is -2.23. The topological polar surface area (TPSA) is 60.9 Å². The van der Waals surface area contributed by atoms with Crippen molar-refractivity contribution in [2.24, 2.45) is 5.92 Å². The maximum Gasteiger partial charge on any atom is 0.160 e. The van der Waals surface area contributed by atoms with Gasteiger partial charge in [0.15, 0.2) is 5.82 Å². The number of nitrogens with zero attached hydrogens (tertiary/aromatic N) is 1. The van der Waals surface area contributed by atoms with E-state index in [1.165, 1.54) is 17.6 Å². The molecule has 110 valence electrons. The zero-order chi connectivity index (χ0) is 15.0. The second-order valence-corrected chi connectivity index (χ2v) is 5.82. The highest BCUT2D eigenvalue weighted by molar-refractivity contribution is 5.91. The van der Waals surface area contributed by atoms with Crippen molar-refractivity contribution in [2.75, 3.05) is 5.32 Å². The minimum Gasteiger partial charge on any atom is -0.508 e. The van der Waals surface area contributed by atoms with Crippen LogP contribution >= 0.6 is 0 Å². The highest BCUT2D eigenvalue weighted by atomic mass is 16.3. The van der Waals surface area contributed by atoms with Crippen LogP contribution in [0.3, 0.4) is 0 Å². The number of phenolic OH excluding ortho intramolecular Hbond substituents is 1. The molecule has 0 aliphatic heterocycles. The van der Waals surface area contributed by atoms with Gasteiger partial charge in [0.1, 0.15) is 5.75 Å². The number of benzene rings is 1. The van der Waals surface area contributed by atoms with Crippen LogP contribution in [0.2, 0.25) is 0 Å². The first kappa shape index (κ1) is 13.7.